The lowest BCUT2D eigenvalue weighted by atomic mass is 9.92. The molecule has 2 aromatic rings. The average molecular weight is 387 g/mol. The fraction of sp³-hybridized carbons (Fsp3) is 0.350. The molecule has 7 nitrogen and oxygen atoms in total. The van der Waals surface area contributed by atoms with Gasteiger partial charge in [-0.15, -0.1) is 0 Å². The van der Waals surface area contributed by atoms with E-state index in [-0.39, 0.29) is 5.82 Å². The Morgan fingerprint density at radius 1 is 1.29 bits per heavy atom. The number of hydrogen-bond donors (Lipinski definition) is 2. The van der Waals surface area contributed by atoms with E-state index < -0.39 is 36.0 Å². The van der Waals surface area contributed by atoms with Crippen molar-refractivity contribution >= 4 is 17.8 Å². The zero-order valence-corrected chi connectivity index (χ0v) is 16.1. The van der Waals surface area contributed by atoms with E-state index in [0.29, 0.717) is 22.6 Å². The van der Waals surface area contributed by atoms with Crippen molar-refractivity contribution in [3.63, 3.8) is 0 Å². The summed E-state index contributed by atoms with van der Waals surface area (Å²) in [4.78, 5) is 38.5. The lowest BCUT2D eigenvalue weighted by Gasteiger charge is -2.21. The number of carbonyl (C=O) groups is 3. The van der Waals surface area contributed by atoms with Crippen LogP contribution in [0.15, 0.2) is 34.7 Å². The van der Waals surface area contributed by atoms with Gasteiger partial charge in [0.25, 0.3) is 5.91 Å². The number of rotatable bonds is 5. The molecule has 1 aliphatic rings. The Labute approximate surface area is 161 Å². The number of halogens is 1. The molecule has 0 saturated carbocycles. The van der Waals surface area contributed by atoms with Gasteiger partial charge in [-0.3, -0.25) is 14.5 Å². The number of nitrogens with zero attached hydrogens (tertiary/aromatic N) is 1. The van der Waals surface area contributed by atoms with Crippen LogP contribution in [0.25, 0.3) is 0 Å². The zero-order valence-electron chi connectivity index (χ0n) is 16.1. The molecule has 0 aliphatic carbocycles. The summed E-state index contributed by atoms with van der Waals surface area (Å²) in [6, 6.07) is 6.39. The standard InChI is InChI=1S/C20H22FN3O4/c1-11-9-16(13(3)28-11)20(4)18(26)24(19(27)23-20)10-17(25)22-12(2)14-5-7-15(21)8-6-14/h5-9,12H,10H2,1-4H3,(H,22,25)(H,23,27). The summed E-state index contributed by atoms with van der Waals surface area (Å²) in [5, 5.41) is 5.37. The molecule has 1 aromatic carbocycles. The molecule has 8 heteroatoms. The van der Waals surface area contributed by atoms with Gasteiger partial charge in [-0.25, -0.2) is 9.18 Å². The third kappa shape index (κ3) is 3.49. The quantitative estimate of drug-likeness (QED) is 0.772. The van der Waals surface area contributed by atoms with Crippen molar-refractivity contribution in [1.29, 1.82) is 0 Å². The van der Waals surface area contributed by atoms with Crippen LogP contribution in [0.3, 0.4) is 0 Å². The molecule has 0 bridgehead atoms. The first kappa shape index (κ1) is 19.6. The summed E-state index contributed by atoms with van der Waals surface area (Å²) in [5.74, 6) is -0.230. The number of nitrogens with one attached hydrogen (secondary N) is 2. The van der Waals surface area contributed by atoms with Gasteiger partial charge in [0.2, 0.25) is 5.91 Å². The molecule has 2 N–H and O–H groups in total. The smallest absolute Gasteiger partial charge is 0.325 e. The highest BCUT2D eigenvalue weighted by molar-refractivity contribution is 6.09. The molecule has 1 fully saturated rings. The molecule has 2 atom stereocenters. The molecule has 2 heterocycles. The summed E-state index contributed by atoms with van der Waals surface area (Å²) in [6.07, 6.45) is 0. The lowest BCUT2D eigenvalue weighted by Crippen LogP contribution is -2.43. The maximum Gasteiger partial charge on any atom is 0.325 e. The predicted octanol–water partition coefficient (Wildman–Crippen LogP) is 2.68. The van der Waals surface area contributed by atoms with Gasteiger partial charge in [0.1, 0.15) is 29.4 Å². The molecule has 28 heavy (non-hydrogen) atoms. The van der Waals surface area contributed by atoms with E-state index >= 15 is 0 Å². The molecule has 0 spiro atoms. The van der Waals surface area contributed by atoms with Crippen LogP contribution in [0.5, 0.6) is 0 Å². The molecule has 1 aliphatic heterocycles. The number of benzene rings is 1. The topological polar surface area (TPSA) is 91.7 Å². The predicted molar refractivity (Wildman–Crippen MR) is 98.7 cm³/mol. The van der Waals surface area contributed by atoms with E-state index in [1.165, 1.54) is 12.1 Å². The molecular formula is C20H22FN3O4. The highest BCUT2D eigenvalue weighted by Gasteiger charge is 2.51. The minimum atomic E-state index is -1.29. The lowest BCUT2D eigenvalue weighted by molar-refractivity contribution is -0.135. The number of amides is 4. The van der Waals surface area contributed by atoms with Crippen LogP contribution in [-0.4, -0.2) is 29.3 Å². The van der Waals surface area contributed by atoms with Crippen molar-refractivity contribution in [3.05, 3.63) is 58.8 Å². The first-order chi connectivity index (χ1) is 13.1. The van der Waals surface area contributed by atoms with Gasteiger partial charge >= 0.3 is 6.03 Å². The molecule has 1 aromatic heterocycles. The monoisotopic (exact) mass is 387 g/mol. The van der Waals surface area contributed by atoms with Crippen LogP contribution in [0, 0.1) is 19.7 Å². The van der Waals surface area contributed by atoms with Gasteiger partial charge in [-0.2, -0.15) is 0 Å². The van der Waals surface area contributed by atoms with Gasteiger partial charge in [-0.1, -0.05) is 12.1 Å². The minimum absolute atomic E-state index is 0.370. The second kappa shape index (κ2) is 7.10. The molecule has 148 valence electrons. The maximum atomic E-state index is 13.0. The second-order valence-corrected chi connectivity index (χ2v) is 7.11. The number of urea groups is 1. The van der Waals surface area contributed by atoms with Gasteiger partial charge in [0.15, 0.2) is 0 Å². The SMILES string of the molecule is Cc1cc(C2(C)NC(=O)N(CC(=O)NC(C)c3ccc(F)cc3)C2=O)c(C)o1. The Balaban J connectivity index is 1.71. The van der Waals surface area contributed by atoms with Crippen molar-refractivity contribution in [2.75, 3.05) is 6.54 Å². The fourth-order valence-electron chi connectivity index (χ4n) is 3.42. The van der Waals surface area contributed by atoms with Crippen molar-refractivity contribution in [2.45, 2.75) is 39.3 Å². The van der Waals surface area contributed by atoms with Crippen LogP contribution in [0.2, 0.25) is 0 Å². The number of carbonyl (C=O) groups excluding carboxylic acids is 3. The van der Waals surface area contributed by atoms with Gasteiger partial charge in [-0.05, 0) is 51.5 Å². The highest BCUT2D eigenvalue weighted by Crippen LogP contribution is 2.32. The van der Waals surface area contributed by atoms with Crippen molar-refractivity contribution in [1.82, 2.24) is 15.5 Å². The Kier molecular flexibility index (Phi) is 4.97. The number of hydrogen-bond acceptors (Lipinski definition) is 4. The summed E-state index contributed by atoms with van der Waals surface area (Å²) < 4.78 is 18.5. The second-order valence-electron chi connectivity index (χ2n) is 7.11. The molecule has 4 amide bonds. The molecule has 0 radical (unpaired) electrons. The molecular weight excluding hydrogens is 365 g/mol. The van der Waals surface area contributed by atoms with E-state index in [0.717, 1.165) is 4.90 Å². The zero-order chi connectivity index (χ0) is 20.6. The van der Waals surface area contributed by atoms with E-state index in [9.17, 15) is 18.8 Å². The molecule has 1 saturated heterocycles. The van der Waals surface area contributed by atoms with Crippen molar-refractivity contribution in [2.24, 2.45) is 0 Å². The summed E-state index contributed by atoms with van der Waals surface area (Å²) in [6.45, 7) is 6.37. The van der Waals surface area contributed by atoms with E-state index in [1.807, 2.05) is 0 Å². The number of furan rings is 1. The third-order valence-electron chi connectivity index (χ3n) is 4.90. The van der Waals surface area contributed by atoms with Crippen LogP contribution in [-0.2, 0) is 15.1 Å². The summed E-state index contributed by atoms with van der Waals surface area (Å²) in [5.41, 5.74) is -0.0193. The van der Waals surface area contributed by atoms with E-state index in [2.05, 4.69) is 10.6 Å². The van der Waals surface area contributed by atoms with E-state index in [4.69, 9.17) is 4.42 Å². The number of aryl methyl sites for hydroxylation is 2. The highest BCUT2D eigenvalue weighted by atomic mass is 19.1. The van der Waals surface area contributed by atoms with Gasteiger partial charge in [0.05, 0.1) is 6.04 Å². The van der Waals surface area contributed by atoms with Crippen LogP contribution in [0.1, 0.15) is 42.5 Å². The molecule has 3 rings (SSSR count). The first-order valence-corrected chi connectivity index (χ1v) is 8.88. The fourth-order valence-corrected chi connectivity index (χ4v) is 3.42. The van der Waals surface area contributed by atoms with Gasteiger partial charge in [0, 0.05) is 5.56 Å². The Morgan fingerprint density at radius 3 is 2.50 bits per heavy atom. The largest absolute Gasteiger partial charge is 0.466 e. The first-order valence-electron chi connectivity index (χ1n) is 8.88. The number of imide groups is 1. The maximum absolute atomic E-state index is 13.0. The summed E-state index contributed by atoms with van der Waals surface area (Å²) >= 11 is 0. The summed E-state index contributed by atoms with van der Waals surface area (Å²) in [7, 11) is 0. The molecule has 2 unspecified atom stereocenters. The Hall–Kier alpha value is -3.16. The third-order valence-corrected chi connectivity index (χ3v) is 4.90. The van der Waals surface area contributed by atoms with Crippen LogP contribution in [0.4, 0.5) is 9.18 Å². The van der Waals surface area contributed by atoms with Gasteiger partial charge < -0.3 is 15.1 Å². The Morgan fingerprint density at radius 2 is 1.93 bits per heavy atom. The minimum Gasteiger partial charge on any atom is -0.466 e. The van der Waals surface area contributed by atoms with Crippen LogP contribution < -0.4 is 10.6 Å². The average Bonchev–Trinajstić information content (AvgIpc) is 3.07. The van der Waals surface area contributed by atoms with Crippen molar-refractivity contribution < 1.29 is 23.2 Å². The normalized spacial score (nSPS) is 20.2. The van der Waals surface area contributed by atoms with Crippen LogP contribution >= 0.6 is 0 Å². The van der Waals surface area contributed by atoms with E-state index in [1.54, 1.807) is 45.9 Å². The van der Waals surface area contributed by atoms with Crippen molar-refractivity contribution in [3.8, 4) is 0 Å². The Bertz CT molecular complexity index is 937.